The highest BCUT2D eigenvalue weighted by atomic mass is 15.6. The summed E-state index contributed by atoms with van der Waals surface area (Å²) >= 11 is 0. The summed E-state index contributed by atoms with van der Waals surface area (Å²) in [6.07, 6.45) is 3.20. The molecule has 1 aliphatic rings. The number of rotatable bonds is 2. The van der Waals surface area contributed by atoms with Gasteiger partial charge in [-0.05, 0) is 34.0 Å². The van der Waals surface area contributed by atoms with E-state index in [4.69, 9.17) is 0 Å². The first kappa shape index (κ1) is 7.98. The van der Waals surface area contributed by atoms with Gasteiger partial charge in [0.15, 0.2) is 0 Å². The average molecular weight is 143 g/mol. The molecule has 0 bridgehead atoms. The number of hydrogen-bond donors (Lipinski definition) is 1. The van der Waals surface area contributed by atoms with E-state index in [1.165, 1.54) is 19.4 Å². The third-order valence-corrected chi connectivity index (χ3v) is 2.10. The van der Waals surface area contributed by atoms with E-state index in [9.17, 15) is 0 Å². The van der Waals surface area contributed by atoms with Crippen LogP contribution in [-0.2, 0) is 0 Å². The van der Waals surface area contributed by atoms with Crippen LogP contribution in [0.4, 0.5) is 0 Å². The second-order valence-corrected chi connectivity index (χ2v) is 3.00. The molecule has 1 N–H and O–H groups in total. The third kappa shape index (κ3) is 1.48. The molecule has 0 saturated carbocycles. The number of hydrazine groups is 1. The molecule has 1 unspecified atom stereocenters. The topological polar surface area (TPSA) is 18.5 Å². The van der Waals surface area contributed by atoms with Crippen LogP contribution in [0.5, 0.6) is 0 Å². The molecule has 0 aromatic carbocycles. The lowest BCUT2D eigenvalue weighted by atomic mass is 10.3. The summed E-state index contributed by atoms with van der Waals surface area (Å²) in [7, 11) is 6.24. The van der Waals surface area contributed by atoms with Gasteiger partial charge in [0, 0.05) is 6.54 Å². The van der Waals surface area contributed by atoms with Gasteiger partial charge in [0.2, 0.25) is 0 Å². The molecule has 0 aromatic rings. The minimum Gasteiger partial charge on any atom is -0.293 e. The Morgan fingerprint density at radius 3 is 2.60 bits per heavy atom. The smallest absolute Gasteiger partial charge is 0.0753 e. The molecule has 1 rings (SSSR count). The molecule has 1 atom stereocenters. The first-order valence-corrected chi connectivity index (χ1v) is 3.86. The van der Waals surface area contributed by atoms with Gasteiger partial charge in [0.25, 0.3) is 0 Å². The van der Waals surface area contributed by atoms with Crippen LogP contribution in [0.2, 0.25) is 0 Å². The second-order valence-electron chi connectivity index (χ2n) is 3.00. The van der Waals surface area contributed by atoms with Crippen molar-refractivity contribution in [2.75, 3.05) is 27.7 Å². The minimum absolute atomic E-state index is 0.602. The van der Waals surface area contributed by atoms with Crippen molar-refractivity contribution >= 4 is 0 Å². The summed E-state index contributed by atoms with van der Waals surface area (Å²) in [6, 6.07) is 0. The molecule has 0 aromatic heterocycles. The van der Waals surface area contributed by atoms with Gasteiger partial charge in [-0.3, -0.25) is 10.3 Å². The normalized spacial score (nSPS) is 28.2. The maximum absolute atomic E-state index is 3.19. The van der Waals surface area contributed by atoms with E-state index < -0.39 is 0 Å². The van der Waals surface area contributed by atoms with Crippen molar-refractivity contribution in [3.05, 3.63) is 0 Å². The molecule has 1 fully saturated rings. The highest BCUT2D eigenvalue weighted by Crippen LogP contribution is 2.15. The zero-order valence-corrected chi connectivity index (χ0v) is 7.09. The van der Waals surface area contributed by atoms with Gasteiger partial charge < -0.3 is 0 Å². The molecule has 1 aliphatic heterocycles. The summed E-state index contributed by atoms with van der Waals surface area (Å²) < 4.78 is 0. The van der Waals surface area contributed by atoms with Crippen molar-refractivity contribution in [2.24, 2.45) is 0 Å². The summed E-state index contributed by atoms with van der Waals surface area (Å²) in [5.41, 5.74) is 3.19. The molecular formula is C7H17N3. The Morgan fingerprint density at radius 1 is 1.50 bits per heavy atom. The van der Waals surface area contributed by atoms with Crippen molar-refractivity contribution in [1.29, 1.82) is 0 Å². The highest BCUT2D eigenvalue weighted by Gasteiger charge is 2.24. The van der Waals surface area contributed by atoms with Crippen molar-refractivity contribution in [3.8, 4) is 0 Å². The summed E-state index contributed by atoms with van der Waals surface area (Å²) in [6.45, 7) is 1.18. The van der Waals surface area contributed by atoms with Gasteiger partial charge in [0.1, 0.15) is 0 Å². The van der Waals surface area contributed by atoms with Crippen molar-refractivity contribution in [2.45, 2.75) is 19.0 Å². The maximum Gasteiger partial charge on any atom is 0.0753 e. The van der Waals surface area contributed by atoms with Gasteiger partial charge in [0.05, 0.1) is 6.17 Å². The fourth-order valence-corrected chi connectivity index (χ4v) is 1.55. The van der Waals surface area contributed by atoms with Crippen LogP contribution < -0.4 is 5.43 Å². The quantitative estimate of drug-likeness (QED) is 0.591. The molecule has 0 amide bonds. The molecule has 0 radical (unpaired) electrons. The van der Waals surface area contributed by atoms with E-state index >= 15 is 0 Å². The predicted octanol–water partition coefficient (Wildman–Crippen LogP) is 0.104. The fourth-order valence-electron chi connectivity index (χ4n) is 1.55. The van der Waals surface area contributed by atoms with E-state index in [1.807, 2.05) is 7.05 Å². The van der Waals surface area contributed by atoms with E-state index in [2.05, 4.69) is 29.4 Å². The average Bonchev–Trinajstić information content (AvgIpc) is 2.33. The van der Waals surface area contributed by atoms with Gasteiger partial charge >= 0.3 is 0 Å². The zero-order valence-electron chi connectivity index (χ0n) is 7.09. The molecule has 60 valence electrons. The molecular weight excluding hydrogens is 126 g/mol. The predicted molar refractivity (Wildman–Crippen MR) is 42.5 cm³/mol. The van der Waals surface area contributed by atoms with E-state index in [1.54, 1.807) is 0 Å². The van der Waals surface area contributed by atoms with E-state index in [-0.39, 0.29) is 0 Å². The fraction of sp³-hybridized carbons (Fsp3) is 1.00. The molecule has 10 heavy (non-hydrogen) atoms. The summed E-state index contributed by atoms with van der Waals surface area (Å²) in [5, 5.41) is 2.28. The largest absolute Gasteiger partial charge is 0.293 e. The van der Waals surface area contributed by atoms with Crippen molar-refractivity contribution in [3.63, 3.8) is 0 Å². The van der Waals surface area contributed by atoms with Crippen LogP contribution in [0, 0.1) is 0 Å². The molecule has 1 heterocycles. The standard InChI is InChI=1S/C7H17N3/c1-8-10-6-4-5-7(10)9(2)3/h7-8H,4-6H2,1-3H3. The molecule has 0 spiro atoms. The number of nitrogens with zero attached hydrogens (tertiary/aromatic N) is 2. The first-order chi connectivity index (χ1) is 4.75. The van der Waals surface area contributed by atoms with Gasteiger partial charge in [-0.25, -0.2) is 5.01 Å². The molecule has 3 nitrogen and oxygen atoms in total. The van der Waals surface area contributed by atoms with Crippen LogP contribution in [0.1, 0.15) is 12.8 Å². The lowest BCUT2D eigenvalue weighted by molar-refractivity contribution is 0.0815. The zero-order chi connectivity index (χ0) is 7.56. The summed E-state index contributed by atoms with van der Waals surface area (Å²) in [4.78, 5) is 2.25. The Kier molecular flexibility index (Phi) is 2.65. The Morgan fingerprint density at radius 2 is 2.20 bits per heavy atom. The third-order valence-electron chi connectivity index (χ3n) is 2.10. The monoisotopic (exact) mass is 143 g/mol. The van der Waals surface area contributed by atoms with Crippen LogP contribution in [0.15, 0.2) is 0 Å². The summed E-state index contributed by atoms with van der Waals surface area (Å²) in [5.74, 6) is 0. The Hall–Kier alpha value is -0.120. The Bertz CT molecular complexity index is 103. The van der Waals surface area contributed by atoms with Crippen LogP contribution >= 0.6 is 0 Å². The number of hydrogen-bond acceptors (Lipinski definition) is 3. The Labute approximate surface area is 63.0 Å². The van der Waals surface area contributed by atoms with Crippen molar-refractivity contribution < 1.29 is 0 Å². The molecule has 0 aliphatic carbocycles. The van der Waals surface area contributed by atoms with E-state index in [0.717, 1.165) is 0 Å². The first-order valence-electron chi connectivity index (χ1n) is 3.86. The maximum atomic E-state index is 3.19. The van der Waals surface area contributed by atoms with Crippen LogP contribution in [0.3, 0.4) is 0 Å². The van der Waals surface area contributed by atoms with Crippen LogP contribution in [0.25, 0.3) is 0 Å². The van der Waals surface area contributed by atoms with Crippen molar-refractivity contribution in [1.82, 2.24) is 15.3 Å². The highest BCUT2D eigenvalue weighted by molar-refractivity contribution is 4.72. The van der Waals surface area contributed by atoms with Gasteiger partial charge in [-0.15, -0.1) is 0 Å². The SMILES string of the molecule is CNN1CCCC1N(C)C. The minimum atomic E-state index is 0.602. The second kappa shape index (κ2) is 3.32. The van der Waals surface area contributed by atoms with Gasteiger partial charge in [-0.1, -0.05) is 0 Å². The number of nitrogens with one attached hydrogen (secondary N) is 1. The van der Waals surface area contributed by atoms with Crippen LogP contribution in [-0.4, -0.2) is 43.8 Å². The molecule has 3 heteroatoms. The lowest BCUT2D eigenvalue weighted by Crippen LogP contribution is -2.46. The lowest BCUT2D eigenvalue weighted by Gasteiger charge is -2.28. The Balaban J connectivity index is 2.42. The van der Waals surface area contributed by atoms with Gasteiger partial charge in [-0.2, -0.15) is 0 Å². The molecule has 1 saturated heterocycles. The van der Waals surface area contributed by atoms with E-state index in [0.29, 0.717) is 6.17 Å².